The Kier molecular flexibility index (Phi) is 4.85. The van der Waals surface area contributed by atoms with Crippen LogP contribution in [0.4, 0.5) is 0 Å². The normalized spacial score (nSPS) is 25.8. The first-order valence-corrected chi connectivity index (χ1v) is 8.72. The molecular weight excluding hydrogens is 292 g/mol. The zero-order chi connectivity index (χ0) is 16.3. The highest BCUT2D eigenvalue weighted by Gasteiger charge is 2.56. The average molecular weight is 318 g/mol. The number of aromatic nitrogens is 1. The van der Waals surface area contributed by atoms with Gasteiger partial charge in [0.15, 0.2) is 0 Å². The number of rotatable bonds is 5. The smallest absolute Gasteiger partial charge is 0.250 e. The first-order valence-electron chi connectivity index (χ1n) is 8.72. The molecule has 1 spiro atoms. The van der Waals surface area contributed by atoms with Gasteiger partial charge in [-0.2, -0.15) is 0 Å². The van der Waals surface area contributed by atoms with E-state index in [1.54, 1.807) is 18.3 Å². The van der Waals surface area contributed by atoms with E-state index in [9.17, 15) is 9.59 Å². The standard InChI is InChI=1S/C18H26N2O3/c1-2-23-15-12-14(18(15)9-5-3-6-10-18)19-16(21)13-20-11-7-4-8-17(20)22/h4,7-8,11,14-15H,2-3,5-6,9-10,12-13H2,1H3,(H,19,21)/t14-,15-/m0/s1. The third-order valence-electron chi connectivity index (χ3n) is 5.49. The minimum Gasteiger partial charge on any atom is -0.378 e. The van der Waals surface area contributed by atoms with Crippen molar-refractivity contribution >= 4 is 5.91 Å². The van der Waals surface area contributed by atoms with Crippen LogP contribution in [0.2, 0.25) is 0 Å². The summed E-state index contributed by atoms with van der Waals surface area (Å²) in [6.45, 7) is 2.85. The minimum absolute atomic E-state index is 0.0804. The molecule has 5 heteroatoms. The number of nitrogens with zero attached hydrogens (tertiary/aromatic N) is 1. The van der Waals surface area contributed by atoms with Crippen LogP contribution in [0.1, 0.15) is 45.4 Å². The first kappa shape index (κ1) is 16.2. The molecule has 0 saturated heterocycles. The molecule has 2 aliphatic carbocycles. The second kappa shape index (κ2) is 6.87. The zero-order valence-corrected chi connectivity index (χ0v) is 13.8. The lowest BCUT2D eigenvalue weighted by Crippen LogP contribution is -2.65. The van der Waals surface area contributed by atoms with Crippen molar-refractivity contribution in [1.82, 2.24) is 9.88 Å². The fourth-order valence-electron chi connectivity index (χ4n) is 4.25. The van der Waals surface area contributed by atoms with Crippen molar-refractivity contribution in [2.75, 3.05) is 6.61 Å². The van der Waals surface area contributed by atoms with Crippen LogP contribution in [-0.4, -0.2) is 29.2 Å². The molecule has 1 heterocycles. The van der Waals surface area contributed by atoms with E-state index in [0.717, 1.165) is 25.9 Å². The summed E-state index contributed by atoms with van der Waals surface area (Å²) in [7, 11) is 0. The lowest BCUT2D eigenvalue weighted by molar-refractivity contribution is -0.157. The van der Waals surface area contributed by atoms with Crippen molar-refractivity contribution in [2.24, 2.45) is 5.41 Å². The van der Waals surface area contributed by atoms with Crippen molar-refractivity contribution in [3.05, 3.63) is 34.7 Å². The molecule has 23 heavy (non-hydrogen) atoms. The quantitative estimate of drug-likeness (QED) is 0.904. The van der Waals surface area contributed by atoms with Crippen molar-refractivity contribution in [1.29, 1.82) is 0 Å². The van der Waals surface area contributed by atoms with Gasteiger partial charge in [-0.1, -0.05) is 25.3 Å². The Balaban J connectivity index is 1.64. The average Bonchev–Trinajstić information content (AvgIpc) is 2.57. The van der Waals surface area contributed by atoms with Crippen molar-refractivity contribution in [3.63, 3.8) is 0 Å². The van der Waals surface area contributed by atoms with Gasteiger partial charge in [0.1, 0.15) is 6.54 Å². The third kappa shape index (κ3) is 3.20. The van der Waals surface area contributed by atoms with Gasteiger partial charge < -0.3 is 14.6 Å². The van der Waals surface area contributed by atoms with Gasteiger partial charge in [0.2, 0.25) is 5.91 Å². The fourth-order valence-corrected chi connectivity index (χ4v) is 4.25. The number of hydrogen-bond donors (Lipinski definition) is 1. The number of pyridine rings is 1. The minimum atomic E-state index is -0.143. The van der Waals surface area contributed by atoms with E-state index in [1.807, 2.05) is 6.92 Å². The summed E-state index contributed by atoms with van der Waals surface area (Å²) in [5.41, 5.74) is -0.0261. The molecule has 1 amide bonds. The van der Waals surface area contributed by atoms with Crippen molar-refractivity contribution in [3.8, 4) is 0 Å². The Morgan fingerprint density at radius 1 is 1.35 bits per heavy atom. The molecule has 0 bridgehead atoms. The maximum absolute atomic E-state index is 12.3. The molecule has 0 unspecified atom stereocenters. The summed E-state index contributed by atoms with van der Waals surface area (Å²) < 4.78 is 7.36. The van der Waals surface area contributed by atoms with Gasteiger partial charge in [0.05, 0.1) is 6.10 Å². The molecular formula is C18H26N2O3. The van der Waals surface area contributed by atoms with Crippen LogP contribution in [0.15, 0.2) is 29.2 Å². The van der Waals surface area contributed by atoms with E-state index < -0.39 is 0 Å². The number of carbonyl (C=O) groups excluding carboxylic acids is 1. The fraction of sp³-hybridized carbons (Fsp3) is 0.667. The Bertz CT molecular complexity index is 604. The largest absolute Gasteiger partial charge is 0.378 e. The van der Waals surface area contributed by atoms with Crippen LogP contribution < -0.4 is 10.9 Å². The van der Waals surface area contributed by atoms with Gasteiger partial charge in [-0.15, -0.1) is 0 Å². The van der Waals surface area contributed by atoms with Gasteiger partial charge in [-0.05, 0) is 32.3 Å². The van der Waals surface area contributed by atoms with E-state index in [0.29, 0.717) is 0 Å². The maximum Gasteiger partial charge on any atom is 0.250 e. The number of carbonyl (C=O) groups is 1. The molecule has 1 aromatic heterocycles. The molecule has 0 aromatic carbocycles. The predicted octanol–water partition coefficient (Wildman–Crippen LogP) is 2.09. The first-order chi connectivity index (χ1) is 11.2. The van der Waals surface area contributed by atoms with Gasteiger partial charge in [0, 0.05) is 30.3 Å². The van der Waals surface area contributed by atoms with Crippen molar-refractivity contribution < 1.29 is 9.53 Å². The van der Waals surface area contributed by atoms with E-state index in [1.165, 1.54) is 29.9 Å². The highest BCUT2D eigenvalue weighted by atomic mass is 16.5. The highest BCUT2D eigenvalue weighted by molar-refractivity contribution is 5.76. The summed E-state index contributed by atoms with van der Waals surface area (Å²) in [5.74, 6) is -0.0804. The lowest BCUT2D eigenvalue weighted by Gasteiger charge is -2.57. The summed E-state index contributed by atoms with van der Waals surface area (Å²) in [5, 5.41) is 3.16. The van der Waals surface area contributed by atoms with Crippen LogP contribution in [0.25, 0.3) is 0 Å². The number of ether oxygens (including phenoxy) is 1. The highest BCUT2D eigenvalue weighted by Crippen LogP contribution is 2.53. The summed E-state index contributed by atoms with van der Waals surface area (Å²) in [4.78, 5) is 24.1. The van der Waals surface area contributed by atoms with Crippen molar-refractivity contribution in [2.45, 2.75) is 64.1 Å². The molecule has 5 nitrogen and oxygen atoms in total. The van der Waals surface area contributed by atoms with E-state index in [-0.39, 0.29) is 35.6 Å². The van der Waals surface area contributed by atoms with E-state index in [4.69, 9.17) is 4.74 Å². The monoisotopic (exact) mass is 318 g/mol. The van der Waals surface area contributed by atoms with Gasteiger partial charge in [-0.3, -0.25) is 9.59 Å². The topological polar surface area (TPSA) is 60.3 Å². The third-order valence-corrected chi connectivity index (χ3v) is 5.49. The molecule has 2 saturated carbocycles. The SMILES string of the molecule is CCO[C@H]1C[C@H](NC(=O)Cn2ccccc2=O)C12CCCCC2. The molecule has 126 valence electrons. The number of hydrogen-bond acceptors (Lipinski definition) is 3. The molecule has 0 radical (unpaired) electrons. The molecule has 2 fully saturated rings. The Labute approximate surface area is 137 Å². The van der Waals surface area contributed by atoms with Gasteiger partial charge >= 0.3 is 0 Å². The Morgan fingerprint density at radius 2 is 2.13 bits per heavy atom. The molecule has 1 aromatic rings. The van der Waals surface area contributed by atoms with Crippen LogP contribution in [0.3, 0.4) is 0 Å². The maximum atomic E-state index is 12.3. The summed E-state index contributed by atoms with van der Waals surface area (Å²) in [6.07, 6.45) is 8.80. The van der Waals surface area contributed by atoms with Crippen LogP contribution >= 0.6 is 0 Å². The second-order valence-corrected chi connectivity index (χ2v) is 6.76. The van der Waals surface area contributed by atoms with E-state index in [2.05, 4.69) is 5.32 Å². The summed E-state index contributed by atoms with van der Waals surface area (Å²) >= 11 is 0. The number of amides is 1. The molecule has 0 aliphatic heterocycles. The molecule has 3 rings (SSSR count). The molecule has 1 N–H and O–H groups in total. The van der Waals surface area contributed by atoms with Gasteiger partial charge in [0.25, 0.3) is 5.56 Å². The summed E-state index contributed by atoms with van der Waals surface area (Å²) in [6, 6.07) is 5.12. The van der Waals surface area contributed by atoms with Crippen LogP contribution in [0, 0.1) is 5.41 Å². The molecule has 2 atom stereocenters. The zero-order valence-electron chi connectivity index (χ0n) is 13.8. The van der Waals surface area contributed by atoms with Gasteiger partial charge in [-0.25, -0.2) is 0 Å². The number of nitrogens with one attached hydrogen (secondary N) is 1. The van der Waals surface area contributed by atoms with Crippen LogP contribution in [-0.2, 0) is 16.1 Å². The molecule has 2 aliphatic rings. The lowest BCUT2D eigenvalue weighted by atomic mass is 9.55. The predicted molar refractivity (Wildman–Crippen MR) is 88.2 cm³/mol. The Morgan fingerprint density at radius 3 is 2.83 bits per heavy atom. The van der Waals surface area contributed by atoms with Crippen LogP contribution in [0.5, 0.6) is 0 Å². The van der Waals surface area contributed by atoms with E-state index >= 15 is 0 Å². The second-order valence-electron chi connectivity index (χ2n) is 6.76. The Hall–Kier alpha value is -1.62.